The Morgan fingerprint density at radius 3 is 2.53 bits per heavy atom. The number of aliphatic hydroxyl groups is 1. The molecule has 0 amide bonds. The summed E-state index contributed by atoms with van der Waals surface area (Å²) in [4.78, 5) is 11.2. The number of ether oxygens (including phenoxy) is 1. The zero-order chi connectivity index (χ0) is 11.9. The minimum Gasteiger partial charge on any atom is -0.463 e. The van der Waals surface area contributed by atoms with E-state index in [-0.39, 0.29) is 18.0 Å². The standard InChI is InChI=1S/C11H23NO3/c1-11(2,3)6-5-10(14)15-8-9(13)7-12-4/h9,12-13H,5-8H2,1-4H3. The maximum absolute atomic E-state index is 11.2. The molecule has 1 atom stereocenters. The van der Waals surface area contributed by atoms with Gasteiger partial charge < -0.3 is 15.2 Å². The summed E-state index contributed by atoms with van der Waals surface area (Å²) in [6.07, 6.45) is 0.595. The van der Waals surface area contributed by atoms with Crippen LogP contribution in [0.5, 0.6) is 0 Å². The summed E-state index contributed by atoms with van der Waals surface area (Å²) in [5, 5.41) is 12.1. The van der Waals surface area contributed by atoms with Gasteiger partial charge in [-0.1, -0.05) is 20.8 Å². The second kappa shape index (κ2) is 6.80. The molecule has 0 spiro atoms. The van der Waals surface area contributed by atoms with Crippen LogP contribution in [-0.4, -0.2) is 37.4 Å². The second-order valence-corrected chi connectivity index (χ2v) is 4.96. The minimum absolute atomic E-state index is 0.0732. The molecule has 0 aliphatic carbocycles. The van der Waals surface area contributed by atoms with Gasteiger partial charge in [-0.25, -0.2) is 0 Å². The number of rotatable bonds is 6. The van der Waals surface area contributed by atoms with Crippen molar-refractivity contribution in [2.45, 2.75) is 39.7 Å². The fraction of sp³-hybridized carbons (Fsp3) is 0.909. The largest absolute Gasteiger partial charge is 0.463 e. The van der Waals surface area contributed by atoms with Crippen molar-refractivity contribution in [3.8, 4) is 0 Å². The quantitative estimate of drug-likeness (QED) is 0.650. The molecule has 15 heavy (non-hydrogen) atoms. The van der Waals surface area contributed by atoms with Crippen LogP contribution in [0, 0.1) is 5.41 Å². The third-order valence-corrected chi connectivity index (χ3v) is 1.96. The number of carbonyl (C=O) groups is 1. The molecule has 1 unspecified atom stereocenters. The normalized spacial score (nSPS) is 13.7. The van der Waals surface area contributed by atoms with Gasteiger partial charge in [0, 0.05) is 13.0 Å². The Kier molecular flexibility index (Phi) is 6.52. The Bertz CT molecular complexity index is 187. The van der Waals surface area contributed by atoms with Gasteiger partial charge in [0.25, 0.3) is 0 Å². The van der Waals surface area contributed by atoms with E-state index in [0.29, 0.717) is 13.0 Å². The summed E-state index contributed by atoms with van der Waals surface area (Å²) < 4.78 is 4.92. The molecule has 0 rings (SSSR count). The van der Waals surface area contributed by atoms with E-state index in [1.54, 1.807) is 7.05 Å². The van der Waals surface area contributed by atoms with Crippen molar-refractivity contribution in [2.24, 2.45) is 5.41 Å². The maximum Gasteiger partial charge on any atom is 0.305 e. The van der Waals surface area contributed by atoms with E-state index >= 15 is 0 Å². The van der Waals surface area contributed by atoms with Crippen molar-refractivity contribution in [3.05, 3.63) is 0 Å². The molecule has 0 bridgehead atoms. The molecule has 0 saturated heterocycles. The summed E-state index contributed by atoms with van der Waals surface area (Å²) in [6, 6.07) is 0. The molecule has 0 fully saturated rings. The lowest BCUT2D eigenvalue weighted by Crippen LogP contribution is -2.29. The lowest BCUT2D eigenvalue weighted by atomic mass is 9.91. The maximum atomic E-state index is 11.2. The minimum atomic E-state index is -0.617. The number of hydrogen-bond donors (Lipinski definition) is 2. The van der Waals surface area contributed by atoms with Crippen LogP contribution >= 0.6 is 0 Å². The second-order valence-electron chi connectivity index (χ2n) is 4.96. The summed E-state index contributed by atoms with van der Waals surface area (Å²) in [5.74, 6) is -0.236. The first-order valence-electron chi connectivity index (χ1n) is 5.33. The zero-order valence-corrected chi connectivity index (χ0v) is 10.2. The van der Waals surface area contributed by atoms with Gasteiger partial charge in [-0.2, -0.15) is 0 Å². The lowest BCUT2D eigenvalue weighted by molar-refractivity contribution is -0.147. The van der Waals surface area contributed by atoms with Crippen molar-refractivity contribution in [1.29, 1.82) is 0 Å². The van der Waals surface area contributed by atoms with Crippen LogP contribution in [0.2, 0.25) is 0 Å². The van der Waals surface area contributed by atoms with E-state index in [1.165, 1.54) is 0 Å². The van der Waals surface area contributed by atoms with Crippen molar-refractivity contribution in [2.75, 3.05) is 20.2 Å². The van der Waals surface area contributed by atoms with Crippen LogP contribution in [0.3, 0.4) is 0 Å². The molecule has 0 aliphatic heterocycles. The number of nitrogens with one attached hydrogen (secondary N) is 1. The highest BCUT2D eigenvalue weighted by molar-refractivity contribution is 5.69. The SMILES string of the molecule is CNCC(O)COC(=O)CCC(C)(C)C. The van der Waals surface area contributed by atoms with Crippen molar-refractivity contribution >= 4 is 5.97 Å². The Labute approximate surface area is 92.0 Å². The smallest absolute Gasteiger partial charge is 0.305 e. The van der Waals surface area contributed by atoms with Gasteiger partial charge in [0.05, 0.1) is 0 Å². The zero-order valence-electron chi connectivity index (χ0n) is 10.2. The number of carbonyl (C=O) groups excluding carboxylic acids is 1. The van der Waals surface area contributed by atoms with E-state index in [1.807, 2.05) is 0 Å². The van der Waals surface area contributed by atoms with Gasteiger partial charge in [0.15, 0.2) is 0 Å². The molecule has 0 saturated carbocycles. The Morgan fingerprint density at radius 2 is 2.07 bits per heavy atom. The Balaban J connectivity index is 3.58. The van der Waals surface area contributed by atoms with Gasteiger partial charge in [0.2, 0.25) is 0 Å². The van der Waals surface area contributed by atoms with E-state index < -0.39 is 6.10 Å². The van der Waals surface area contributed by atoms with E-state index in [9.17, 15) is 9.90 Å². The predicted octanol–water partition coefficient (Wildman–Crippen LogP) is 0.936. The van der Waals surface area contributed by atoms with Crippen molar-refractivity contribution in [1.82, 2.24) is 5.32 Å². The first-order chi connectivity index (χ1) is 6.85. The third kappa shape index (κ3) is 9.69. The molecular formula is C11H23NO3. The first kappa shape index (κ1) is 14.4. The summed E-state index contributed by atoms with van der Waals surface area (Å²) >= 11 is 0. The monoisotopic (exact) mass is 217 g/mol. The number of aliphatic hydroxyl groups excluding tert-OH is 1. The molecule has 0 aromatic rings. The van der Waals surface area contributed by atoms with Gasteiger partial charge in [-0.3, -0.25) is 4.79 Å². The fourth-order valence-corrected chi connectivity index (χ4v) is 1.03. The number of hydrogen-bond acceptors (Lipinski definition) is 4. The van der Waals surface area contributed by atoms with E-state index in [0.717, 1.165) is 6.42 Å². The molecule has 90 valence electrons. The van der Waals surface area contributed by atoms with Gasteiger partial charge in [-0.05, 0) is 18.9 Å². The summed E-state index contributed by atoms with van der Waals surface area (Å²) in [7, 11) is 1.74. The van der Waals surface area contributed by atoms with Gasteiger partial charge in [-0.15, -0.1) is 0 Å². The fourth-order valence-electron chi connectivity index (χ4n) is 1.03. The van der Waals surface area contributed by atoms with Crippen LogP contribution in [0.4, 0.5) is 0 Å². The average molecular weight is 217 g/mol. The molecule has 4 heteroatoms. The van der Waals surface area contributed by atoms with Crippen molar-refractivity contribution < 1.29 is 14.6 Å². The first-order valence-corrected chi connectivity index (χ1v) is 5.33. The highest BCUT2D eigenvalue weighted by atomic mass is 16.5. The van der Waals surface area contributed by atoms with Crippen LogP contribution in [0.15, 0.2) is 0 Å². The predicted molar refractivity (Wildman–Crippen MR) is 59.6 cm³/mol. The molecule has 0 aromatic carbocycles. The van der Waals surface area contributed by atoms with E-state index in [2.05, 4.69) is 26.1 Å². The van der Waals surface area contributed by atoms with Gasteiger partial charge >= 0.3 is 5.97 Å². The highest BCUT2D eigenvalue weighted by Crippen LogP contribution is 2.20. The van der Waals surface area contributed by atoms with Crippen LogP contribution < -0.4 is 5.32 Å². The average Bonchev–Trinajstić information content (AvgIpc) is 2.11. The summed E-state index contributed by atoms with van der Waals surface area (Å²) in [6.45, 7) is 6.75. The molecule has 0 radical (unpaired) electrons. The topological polar surface area (TPSA) is 58.6 Å². The van der Waals surface area contributed by atoms with Crippen LogP contribution in [0.1, 0.15) is 33.6 Å². The van der Waals surface area contributed by atoms with Crippen LogP contribution in [0.25, 0.3) is 0 Å². The van der Waals surface area contributed by atoms with Gasteiger partial charge in [0.1, 0.15) is 12.7 Å². The Hall–Kier alpha value is -0.610. The lowest BCUT2D eigenvalue weighted by Gasteiger charge is -2.17. The molecule has 4 nitrogen and oxygen atoms in total. The molecular weight excluding hydrogens is 194 g/mol. The number of likely N-dealkylation sites (N-methyl/N-ethyl adjacent to an activating group) is 1. The highest BCUT2D eigenvalue weighted by Gasteiger charge is 2.14. The third-order valence-electron chi connectivity index (χ3n) is 1.96. The molecule has 0 aromatic heterocycles. The number of esters is 1. The molecule has 0 aliphatic rings. The van der Waals surface area contributed by atoms with Crippen LogP contribution in [-0.2, 0) is 9.53 Å². The Morgan fingerprint density at radius 1 is 1.47 bits per heavy atom. The molecule has 2 N–H and O–H groups in total. The van der Waals surface area contributed by atoms with Crippen molar-refractivity contribution in [3.63, 3.8) is 0 Å². The molecule has 0 heterocycles. The van der Waals surface area contributed by atoms with E-state index in [4.69, 9.17) is 4.74 Å². The summed E-state index contributed by atoms with van der Waals surface area (Å²) in [5.41, 5.74) is 0.141.